The summed E-state index contributed by atoms with van der Waals surface area (Å²) in [5, 5.41) is 13.5. The molecule has 2 N–H and O–H groups in total. The summed E-state index contributed by atoms with van der Waals surface area (Å²) in [6, 6.07) is 10.7. The van der Waals surface area contributed by atoms with Crippen molar-refractivity contribution in [1.82, 2.24) is 0 Å². The third kappa shape index (κ3) is 3.55. The van der Waals surface area contributed by atoms with Crippen LogP contribution in [-0.2, 0) is 6.54 Å². The zero-order chi connectivity index (χ0) is 13.8. The highest BCUT2D eigenvalue weighted by molar-refractivity contribution is 9.10. The maximum Gasteiger partial charge on any atom is 0.135 e. The van der Waals surface area contributed by atoms with Gasteiger partial charge in [-0.1, -0.05) is 11.6 Å². The van der Waals surface area contributed by atoms with Crippen molar-refractivity contribution in [3.8, 4) is 11.5 Å². The minimum absolute atomic E-state index is 0.223. The van der Waals surface area contributed by atoms with Gasteiger partial charge in [-0.15, -0.1) is 0 Å². The van der Waals surface area contributed by atoms with Crippen LogP contribution in [0.3, 0.4) is 0 Å². The predicted molar refractivity (Wildman–Crippen MR) is 81.1 cm³/mol. The van der Waals surface area contributed by atoms with Gasteiger partial charge in [-0.25, -0.2) is 0 Å². The van der Waals surface area contributed by atoms with E-state index in [-0.39, 0.29) is 5.75 Å². The number of nitrogens with one attached hydrogen (secondary N) is 1. The molecule has 0 heterocycles. The molecular weight excluding hydrogens is 330 g/mol. The van der Waals surface area contributed by atoms with Crippen LogP contribution < -0.4 is 10.1 Å². The van der Waals surface area contributed by atoms with Gasteiger partial charge in [-0.2, -0.15) is 0 Å². The fourth-order valence-electron chi connectivity index (χ4n) is 1.66. The van der Waals surface area contributed by atoms with E-state index in [4.69, 9.17) is 16.3 Å². The quantitative estimate of drug-likeness (QED) is 0.863. The Morgan fingerprint density at radius 3 is 2.79 bits per heavy atom. The molecular formula is C14H13BrClNO2. The van der Waals surface area contributed by atoms with E-state index in [0.717, 1.165) is 21.5 Å². The number of hydrogen-bond donors (Lipinski definition) is 2. The molecule has 3 nitrogen and oxygen atoms in total. The van der Waals surface area contributed by atoms with E-state index in [0.29, 0.717) is 11.6 Å². The van der Waals surface area contributed by atoms with Crippen LogP contribution in [0.4, 0.5) is 5.69 Å². The molecule has 2 aromatic rings. The van der Waals surface area contributed by atoms with E-state index >= 15 is 0 Å². The van der Waals surface area contributed by atoms with Gasteiger partial charge in [0.15, 0.2) is 0 Å². The first-order valence-electron chi connectivity index (χ1n) is 5.65. The average Bonchev–Trinajstić information content (AvgIpc) is 2.41. The Balaban J connectivity index is 2.12. The molecule has 2 rings (SSSR count). The van der Waals surface area contributed by atoms with Crippen molar-refractivity contribution in [1.29, 1.82) is 0 Å². The first kappa shape index (κ1) is 14.0. The second-order valence-corrected chi connectivity index (χ2v) is 5.27. The van der Waals surface area contributed by atoms with E-state index in [1.54, 1.807) is 25.3 Å². The molecule has 0 aliphatic carbocycles. The van der Waals surface area contributed by atoms with E-state index < -0.39 is 0 Å². The van der Waals surface area contributed by atoms with Gasteiger partial charge in [0.05, 0.1) is 11.6 Å². The Bertz CT molecular complexity index is 590. The fourth-order valence-corrected chi connectivity index (χ4v) is 2.27. The Morgan fingerprint density at radius 1 is 1.26 bits per heavy atom. The summed E-state index contributed by atoms with van der Waals surface area (Å²) in [6.45, 7) is 0.483. The maximum absolute atomic E-state index is 9.73. The molecule has 0 spiro atoms. The van der Waals surface area contributed by atoms with Crippen molar-refractivity contribution < 1.29 is 9.84 Å². The van der Waals surface area contributed by atoms with Crippen molar-refractivity contribution in [2.24, 2.45) is 0 Å². The smallest absolute Gasteiger partial charge is 0.135 e. The zero-order valence-corrected chi connectivity index (χ0v) is 12.6. The summed E-state index contributed by atoms with van der Waals surface area (Å²) in [5.41, 5.74) is 1.65. The molecule has 19 heavy (non-hydrogen) atoms. The highest BCUT2D eigenvalue weighted by Gasteiger charge is 2.04. The van der Waals surface area contributed by atoms with Crippen molar-refractivity contribution in [3.63, 3.8) is 0 Å². The van der Waals surface area contributed by atoms with Crippen LogP contribution >= 0.6 is 27.5 Å². The summed E-state index contributed by atoms with van der Waals surface area (Å²) >= 11 is 9.30. The van der Waals surface area contributed by atoms with Crippen molar-refractivity contribution in [2.45, 2.75) is 6.54 Å². The summed E-state index contributed by atoms with van der Waals surface area (Å²) in [4.78, 5) is 0. The molecule has 0 bridgehead atoms. The number of hydrogen-bond acceptors (Lipinski definition) is 3. The van der Waals surface area contributed by atoms with Gasteiger partial charge in [0.2, 0.25) is 0 Å². The lowest BCUT2D eigenvalue weighted by Gasteiger charge is -2.10. The Kier molecular flexibility index (Phi) is 4.56. The standard InChI is InChI=1S/C14H13BrClNO2/c1-19-14-7-11(3-4-12(14)15)17-8-9-6-10(16)2-5-13(9)18/h2-7,17-18H,8H2,1H3. The van der Waals surface area contributed by atoms with Crippen LogP contribution in [0.2, 0.25) is 5.02 Å². The number of benzene rings is 2. The summed E-state index contributed by atoms with van der Waals surface area (Å²) < 4.78 is 6.12. The average molecular weight is 343 g/mol. The molecule has 0 unspecified atom stereocenters. The molecule has 0 saturated heterocycles. The largest absolute Gasteiger partial charge is 0.508 e. The fraction of sp³-hybridized carbons (Fsp3) is 0.143. The lowest BCUT2D eigenvalue weighted by molar-refractivity contribution is 0.412. The van der Waals surface area contributed by atoms with Gasteiger partial charge < -0.3 is 15.2 Å². The number of methoxy groups -OCH3 is 1. The van der Waals surface area contributed by atoms with Gasteiger partial charge in [0.1, 0.15) is 11.5 Å². The van der Waals surface area contributed by atoms with Crippen LogP contribution in [0.25, 0.3) is 0 Å². The summed E-state index contributed by atoms with van der Waals surface area (Å²) in [6.07, 6.45) is 0. The molecule has 0 aliphatic heterocycles. The molecule has 2 aromatic carbocycles. The van der Waals surface area contributed by atoms with Crippen molar-refractivity contribution in [2.75, 3.05) is 12.4 Å². The highest BCUT2D eigenvalue weighted by Crippen LogP contribution is 2.29. The first-order chi connectivity index (χ1) is 9.10. The van der Waals surface area contributed by atoms with Crippen LogP contribution in [-0.4, -0.2) is 12.2 Å². The number of rotatable bonds is 4. The van der Waals surface area contributed by atoms with Crippen LogP contribution in [0, 0.1) is 0 Å². The topological polar surface area (TPSA) is 41.5 Å². The second kappa shape index (κ2) is 6.17. The molecule has 5 heteroatoms. The molecule has 0 aliphatic rings. The van der Waals surface area contributed by atoms with Gasteiger partial charge in [-0.3, -0.25) is 0 Å². The van der Waals surface area contributed by atoms with E-state index in [2.05, 4.69) is 21.2 Å². The molecule has 0 fully saturated rings. The third-order valence-electron chi connectivity index (χ3n) is 2.68. The molecule has 0 radical (unpaired) electrons. The predicted octanol–water partition coefficient (Wildman–Crippen LogP) is 4.43. The van der Waals surface area contributed by atoms with E-state index in [9.17, 15) is 5.11 Å². The lowest BCUT2D eigenvalue weighted by Crippen LogP contribution is -2.00. The molecule has 0 aromatic heterocycles. The number of aromatic hydroxyl groups is 1. The Morgan fingerprint density at radius 2 is 2.05 bits per heavy atom. The monoisotopic (exact) mass is 341 g/mol. The maximum atomic E-state index is 9.73. The first-order valence-corrected chi connectivity index (χ1v) is 6.82. The second-order valence-electron chi connectivity index (χ2n) is 3.98. The Labute approximate surface area is 125 Å². The molecule has 0 saturated carbocycles. The number of halogens is 2. The summed E-state index contributed by atoms with van der Waals surface area (Å²) in [5.74, 6) is 0.973. The van der Waals surface area contributed by atoms with Gasteiger partial charge in [0.25, 0.3) is 0 Å². The minimum Gasteiger partial charge on any atom is -0.508 e. The Hall–Kier alpha value is -1.39. The van der Waals surface area contributed by atoms with Gasteiger partial charge in [0, 0.05) is 28.9 Å². The lowest BCUT2D eigenvalue weighted by atomic mass is 10.2. The number of phenolic OH excluding ortho intramolecular Hbond substituents is 1. The SMILES string of the molecule is COc1cc(NCc2cc(Cl)ccc2O)ccc1Br. The van der Waals surface area contributed by atoms with Crippen molar-refractivity contribution >= 4 is 33.2 Å². The van der Waals surface area contributed by atoms with Gasteiger partial charge >= 0.3 is 0 Å². The van der Waals surface area contributed by atoms with E-state index in [1.165, 1.54) is 0 Å². The number of anilines is 1. The summed E-state index contributed by atoms with van der Waals surface area (Å²) in [7, 11) is 1.62. The van der Waals surface area contributed by atoms with E-state index in [1.807, 2.05) is 18.2 Å². The number of ether oxygens (including phenoxy) is 1. The van der Waals surface area contributed by atoms with Crippen LogP contribution in [0.5, 0.6) is 11.5 Å². The van der Waals surface area contributed by atoms with Crippen LogP contribution in [0.15, 0.2) is 40.9 Å². The molecule has 0 amide bonds. The van der Waals surface area contributed by atoms with Crippen LogP contribution in [0.1, 0.15) is 5.56 Å². The van der Waals surface area contributed by atoms with Gasteiger partial charge in [-0.05, 0) is 46.3 Å². The minimum atomic E-state index is 0.223. The third-order valence-corrected chi connectivity index (χ3v) is 3.57. The normalized spacial score (nSPS) is 10.3. The zero-order valence-electron chi connectivity index (χ0n) is 10.3. The van der Waals surface area contributed by atoms with Crippen molar-refractivity contribution in [3.05, 3.63) is 51.5 Å². The number of phenols is 1. The molecule has 100 valence electrons. The molecule has 0 atom stereocenters. The highest BCUT2D eigenvalue weighted by atomic mass is 79.9.